The van der Waals surface area contributed by atoms with Gasteiger partial charge in [-0.3, -0.25) is 0 Å². The summed E-state index contributed by atoms with van der Waals surface area (Å²) in [5.41, 5.74) is 9.52. The van der Waals surface area contributed by atoms with Gasteiger partial charge in [-0.1, -0.05) is 24.3 Å². The second-order valence-corrected chi connectivity index (χ2v) is 4.73. The number of furan rings is 1. The van der Waals surface area contributed by atoms with Crippen LogP contribution in [0.2, 0.25) is 0 Å². The highest BCUT2D eigenvalue weighted by atomic mass is 19.1. The summed E-state index contributed by atoms with van der Waals surface area (Å²) in [6.07, 6.45) is 1.65. The largest absolute Gasteiger partial charge is 0.464 e. The number of nitrogens with two attached hydrogens (primary N) is 1. The summed E-state index contributed by atoms with van der Waals surface area (Å²) in [5.74, 6) is -0.266. The number of fused-ring (bicyclic) bond motifs is 1. The lowest BCUT2D eigenvalue weighted by molar-refractivity contribution is 0.604. The van der Waals surface area contributed by atoms with Gasteiger partial charge in [0.15, 0.2) is 0 Å². The van der Waals surface area contributed by atoms with E-state index in [2.05, 4.69) is 0 Å². The highest BCUT2D eigenvalue weighted by Crippen LogP contribution is 2.29. The molecule has 0 aliphatic carbocycles. The maximum absolute atomic E-state index is 13.5. The number of rotatable bonds is 2. The van der Waals surface area contributed by atoms with Crippen molar-refractivity contribution in [1.82, 2.24) is 0 Å². The first-order valence-corrected chi connectivity index (χ1v) is 6.14. The van der Waals surface area contributed by atoms with Gasteiger partial charge in [-0.15, -0.1) is 0 Å². The highest BCUT2D eigenvalue weighted by molar-refractivity contribution is 5.81. The second kappa shape index (κ2) is 4.52. The molecule has 0 amide bonds. The molecule has 0 aliphatic heterocycles. The third kappa shape index (κ3) is 2.13. The van der Waals surface area contributed by atoms with Crippen LogP contribution in [0.4, 0.5) is 4.39 Å². The Morgan fingerprint density at radius 1 is 1.16 bits per heavy atom. The molecule has 0 saturated carbocycles. The van der Waals surface area contributed by atoms with Crippen molar-refractivity contribution in [2.24, 2.45) is 5.73 Å². The highest BCUT2D eigenvalue weighted by Gasteiger charge is 2.15. The standard InChI is InChI=1S/C16H14FNO/c1-10-6-11(8-12(17)7-10)16(18)14-9-19-15-5-3-2-4-13(14)15/h2-9,16H,18H2,1H3. The van der Waals surface area contributed by atoms with Crippen molar-refractivity contribution in [2.45, 2.75) is 13.0 Å². The van der Waals surface area contributed by atoms with Crippen LogP contribution in [0.15, 0.2) is 53.1 Å². The summed E-state index contributed by atoms with van der Waals surface area (Å²) >= 11 is 0. The lowest BCUT2D eigenvalue weighted by atomic mass is 9.97. The smallest absolute Gasteiger partial charge is 0.134 e. The van der Waals surface area contributed by atoms with Crippen LogP contribution in [0.25, 0.3) is 11.0 Å². The molecule has 0 saturated heterocycles. The van der Waals surface area contributed by atoms with E-state index in [0.717, 1.165) is 27.7 Å². The van der Waals surface area contributed by atoms with E-state index in [4.69, 9.17) is 10.2 Å². The quantitative estimate of drug-likeness (QED) is 0.753. The van der Waals surface area contributed by atoms with Crippen molar-refractivity contribution >= 4 is 11.0 Å². The minimum absolute atomic E-state index is 0.266. The lowest BCUT2D eigenvalue weighted by Gasteiger charge is -2.11. The number of hydrogen-bond donors (Lipinski definition) is 1. The summed E-state index contributed by atoms with van der Waals surface area (Å²) in [4.78, 5) is 0. The fraction of sp³-hybridized carbons (Fsp3) is 0.125. The summed E-state index contributed by atoms with van der Waals surface area (Å²) in [6.45, 7) is 1.85. The molecule has 19 heavy (non-hydrogen) atoms. The minimum Gasteiger partial charge on any atom is -0.464 e. The van der Waals surface area contributed by atoms with E-state index >= 15 is 0 Å². The van der Waals surface area contributed by atoms with Crippen LogP contribution in [0.1, 0.15) is 22.7 Å². The van der Waals surface area contributed by atoms with E-state index in [1.165, 1.54) is 12.1 Å². The van der Waals surface area contributed by atoms with E-state index < -0.39 is 6.04 Å². The van der Waals surface area contributed by atoms with E-state index in [1.807, 2.05) is 37.3 Å². The molecular weight excluding hydrogens is 241 g/mol. The Hall–Kier alpha value is -2.13. The first-order chi connectivity index (χ1) is 9.15. The Kier molecular flexibility index (Phi) is 2.84. The van der Waals surface area contributed by atoms with E-state index in [0.29, 0.717) is 0 Å². The molecule has 0 aliphatic rings. The molecule has 0 spiro atoms. The lowest BCUT2D eigenvalue weighted by Crippen LogP contribution is -2.11. The fourth-order valence-electron chi connectivity index (χ4n) is 2.36. The Labute approximate surface area is 110 Å². The monoisotopic (exact) mass is 255 g/mol. The molecule has 2 N–H and O–H groups in total. The van der Waals surface area contributed by atoms with Crippen molar-refractivity contribution in [3.63, 3.8) is 0 Å². The first-order valence-electron chi connectivity index (χ1n) is 6.14. The third-order valence-electron chi connectivity index (χ3n) is 3.27. The number of aryl methyl sites for hydroxylation is 1. The van der Waals surface area contributed by atoms with Crippen molar-refractivity contribution in [3.05, 3.63) is 71.2 Å². The van der Waals surface area contributed by atoms with Gasteiger partial charge in [0.05, 0.1) is 12.3 Å². The number of benzene rings is 2. The average molecular weight is 255 g/mol. The van der Waals surface area contributed by atoms with Gasteiger partial charge < -0.3 is 10.2 Å². The predicted octanol–water partition coefficient (Wildman–Crippen LogP) is 3.93. The Morgan fingerprint density at radius 3 is 2.74 bits per heavy atom. The average Bonchev–Trinajstić information content (AvgIpc) is 2.80. The van der Waals surface area contributed by atoms with Gasteiger partial charge in [-0.2, -0.15) is 0 Å². The Morgan fingerprint density at radius 2 is 1.95 bits per heavy atom. The summed E-state index contributed by atoms with van der Waals surface area (Å²) in [6, 6.07) is 12.2. The van der Waals surface area contributed by atoms with Crippen molar-refractivity contribution in [3.8, 4) is 0 Å². The zero-order valence-electron chi connectivity index (χ0n) is 10.6. The van der Waals surface area contributed by atoms with Crippen LogP contribution >= 0.6 is 0 Å². The van der Waals surface area contributed by atoms with E-state index in [9.17, 15) is 4.39 Å². The number of hydrogen-bond acceptors (Lipinski definition) is 2. The SMILES string of the molecule is Cc1cc(F)cc(C(N)c2coc3ccccc23)c1. The first kappa shape index (κ1) is 11.9. The predicted molar refractivity (Wildman–Crippen MR) is 73.4 cm³/mol. The minimum atomic E-state index is -0.391. The molecule has 0 bridgehead atoms. The van der Waals surface area contributed by atoms with E-state index in [-0.39, 0.29) is 5.82 Å². The van der Waals surface area contributed by atoms with Gasteiger partial charge in [0.25, 0.3) is 0 Å². The zero-order chi connectivity index (χ0) is 13.4. The maximum atomic E-state index is 13.5. The van der Waals surface area contributed by atoms with Crippen LogP contribution in [-0.2, 0) is 0 Å². The molecule has 1 heterocycles. The van der Waals surface area contributed by atoms with Gasteiger partial charge >= 0.3 is 0 Å². The van der Waals surface area contributed by atoms with Gasteiger partial charge in [0.1, 0.15) is 11.4 Å². The zero-order valence-corrected chi connectivity index (χ0v) is 10.6. The van der Waals surface area contributed by atoms with Crippen LogP contribution in [0, 0.1) is 12.7 Å². The summed E-state index contributed by atoms with van der Waals surface area (Å²) in [7, 11) is 0. The molecule has 0 radical (unpaired) electrons. The number of para-hydroxylation sites is 1. The molecular formula is C16H14FNO. The maximum Gasteiger partial charge on any atom is 0.134 e. The van der Waals surface area contributed by atoms with E-state index in [1.54, 1.807) is 6.26 Å². The van der Waals surface area contributed by atoms with Gasteiger partial charge in [0, 0.05) is 10.9 Å². The van der Waals surface area contributed by atoms with Gasteiger partial charge in [-0.25, -0.2) is 4.39 Å². The molecule has 0 fully saturated rings. The summed E-state index contributed by atoms with van der Waals surface area (Å²) in [5, 5.41) is 0.969. The summed E-state index contributed by atoms with van der Waals surface area (Å²) < 4.78 is 18.9. The van der Waals surface area contributed by atoms with Gasteiger partial charge in [-0.05, 0) is 36.2 Å². The normalized spacial score (nSPS) is 12.8. The third-order valence-corrected chi connectivity index (χ3v) is 3.27. The van der Waals surface area contributed by atoms with Crippen molar-refractivity contribution in [2.75, 3.05) is 0 Å². The molecule has 3 heteroatoms. The fourth-order valence-corrected chi connectivity index (χ4v) is 2.36. The topological polar surface area (TPSA) is 39.2 Å². The van der Waals surface area contributed by atoms with Crippen LogP contribution < -0.4 is 5.73 Å². The van der Waals surface area contributed by atoms with Crippen molar-refractivity contribution < 1.29 is 8.81 Å². The second-order valence-electron chi connectivity index (χ2n) is 4.73. The van der Waals surface area contributed by atoms with Crippen molar-refractivity contribution in [1.29, 1.82) is 0 Å². The number of halogens is 1. The van der Waals surface area contributed by atoms with Crippen LogP contribution in [0.5, 0.6) is 0 Å². The molecule has 3 aromatic rings. The molecule has 96 valence electrons. The molecule has 1 aromatic heterocycles. The Bertz CT molecular complexity index is 712. The van der Waals surface area contributed by atoms with Crippen LogP contribution in [0.3, 0.4) is 0 Å². The molecule has 2 nitrogen and oxygen atoms in total. The molecule has 2 aromatic carbocycles. The molecule has 1 unspecified atom stereocenters. The molecule has 3 rings (SSSR count). The Balaban J connectivity index is 2.10. The van der Waals surface area contributed by atoms with Gasteiger partial charge in [0.2, 0.25) is 0 Å². The molecule has 1 atom stereocenters. The van der Waals surface area contributed by atoms with Crippen LogP contribution in [-0.4, -0.2) is 0 Å².